The van der Waals surface area contributed by atoms with Crippen LogP contribution in [0.5, 0.6) is 0 Å². The lowest BCUT2D eigenvalue weighted by Gasteiger charge is -2.52. The molecule has 3 N–H and O–H groups in total. The highest BCUT2D eigenvalue weighted by Crippen LogP contribution is 2.45. The molecule has 2 saturated heterocycles. The second-order valence-electron chi connectivity index (χ2n) is 5.52. The van der Waals surface area contributed by atoms with Crippen LogP contribution in [0.3, 0.4) is 0 Å². The van der Waals surface area contributed by atoms with Gasteiger partial charge in [-0.15, -0.1) is 0 Å². The zero-order valence-corrected chi connectivity index (χ0v) is 10.2. The molecular weight excluding hydrogens is 204 g/mol. The van der Waals surface area contributed by atoms with Crippen LogP contribution in [0.15, 0.2) is 0 Å². The first-order valence-electron chi connectivity index (χ1n) is 6.34. The Bertz CT molecular complexity index is 231. The van der Waals surface area contributed by atoms with E-state index in [1.807, 2.05) is 0 Å². The fourth-order valence-corrected chi connectivity index (χ4v) is 3.19. The van der Waals surface area contributed by atoms with Gasteiger partial charge in [0.05, 0.1) is 12.2 Å². The van der Waals surface area contributed by atoms with Crippen LogP contribution in [0.25, 0.3) is 0 Å². The molecular formula is C12H24N2O2. The van der Waals surface area contributed by atoms with E-state index in [0.717, 1.165) is 51.9 Å². The Kier molecular flexibility index (Phi) is 3.54. The number of aliphatic hydroxyl groups is 2. The smallest absolute Gasteiger partial charge is 0.0750 e. The van der Waals surface area contributed by atoms with Crippen LogP contribution >= 0.6 is 0 Å². The van der Waals surface area contributed by atoms with Crippen LogP contribution in [0.2, 0.25) is 0 Å². The van der Waals surface area contributed by atoms with E-state index in [1.54, 1.807) is 0 Å². The normalized spacial score (nSPS) is 30.2. The fraction of sp³-hybridized carbons (Fsp3) is 1.00. The summed E-state index contributed by atoms with van der Waals surface area (Å²) in [5.41, 5.74) is -0.921. The third-order valence-electron chi connectivity index (χ3n) is 4.66. The van der Waals surface area contributed by atoms with Crippen LogP contribution in [-0.2, 0) is 0 Å². The molecule has 2 aliphatic rings. The molecule has 94 valence electrons. The average molecular weight is 228 g/mol. The molecule has 4 nitrogen and oxygen atoms in total. The standard InChI is InChI=1S/C12H24N2O2/c1-14-8-4-12(16,5-9-14)11(10-15)2-6-13-7-3-11/h13,15-16H,2-10H2,1H3. The third kappa shape index (κ3) is 1.99. The first kappa shape index (κ1) is 12.3. The van der Waals surface area contributed by atoms with Crippen molar-refractivity contribution >= 4 is 0 Å². The van der Waals surface area contributed by atoms with Crippen molar-refractivity contribution in [1.82, 2.24) is 10.2 Å². The van der Waals surface area contributed by atoms with E-state index in [2.05, 4.69) is 17.3 Å². The highest BCUT2D eigenvalue weighted by molar-refractivity contribution is 5.03. The molecule has 2 heterocycles. The Hall–Kier alpha value is -0.160. The number of rotatable bonds is 2. The molecule has 0 aromatic carbocycles. The summed E-state index contributed by atoms with van der Waals surface area (Å²) in [6, 6.07) is 0. The minimum absolute atomic E-state index is 0.120. The zero-order chi connectivity index (χ0) is 11.6. The summed E-state index contributed by atoms with van der Waals surface area (Å²) in [6.07, 6.45) is 3.38. The number of nitrogens with zero attached hydrogens (tertiary/aromatic N) is 1. The van der Waals surface area contributed by atoms with Crippen LogP contribution in [0.1, 0.15) is 25.7 Å². The van der Waals surface area contributed by atoms with E-state index in [1.165, 1.54) is 0 Å². The molecule has 0 radical (unpaired) electrons. The third-order valence-corrected chi connectivity index (χ3v) is 4.66. The number of likely N-dealkylation sites (tertiary alicyclic amines) is 1. The summed E-state index contributed by atoms with van der Waals surface area (Å²) < 4.78 is 0. The molecule has 0 unspecified atom stereocenters. The molecule has 4 heteroatoms. The largest absolute Gasteiger partial charge is 0.396 e. The van der Waals surface area contributed by atoms with Crippen LogP contribution < -0.4 is 5.32 Å². The second-order valence-corrected chi connectivity index (χ2v) is 5.52. The highest BCUT2D eigenvalue weighted by Gasteiger charge is 2.50. The van der Waals surface area contributed by atoms with Gasteiger partial charge in [0.15, 0.2) is 0 Å². The van der Waals surface area contributed by atoms with E-state index >= 15 is 0 Å². The van der Waals surface area contributed by atoms with Crippen molar-refractivity contribution in [2.75, 3.05) is 39.8 Å². The Labute approximate surface area is 97.6 Å². The summed E-state index contributed by atoms with van der Waals surface area (Å²) in [4.78, 5) is 2.25. The van der Waals surface area contributed by atoms with Gasteiger partial charge in [-0.2, -0.15) is 0 Å². The van der Waals surface area contributed by atoms with Gasteiger partial charge in [0, 0.05) is 18.5 Å². The fourth-order valence-electron chi connectivity index (χ4n) is 3.19. The van der Waals surface area contributed by atoms with Crippen LogP contribution in [0, 0.1) is 5.41 Å². The van der Waals surface area contributed by atoms with E-state index < -0.39 is 5.60 Å². The molecule has 0 aliphatic carbocycles. The SMILES string of the molecule is CN1CCC(O)(C2(CO)CCNCC2)CC1. The highest BCUT2D eigenvalue weighted by atomic mass is 16.3. The summed E-state index contributed by atoms with van der Waals surface area (Å²) >= 11 is 0. The number of piperidine rings is 2. The molecule has 0 bridgehead atoms. The predicted molar refractivity (Wildman–Crippen MR) is 63.3 cm³/mol. The van der Waals surface area contributed by atoms with Gasteiger partial charge in [-0.25, -0.2) is 0 Å². The molecule has 0 aromatic rings. The van der Waals surface area contributed by atoms with E-state index in [-0.39, 0.29) is 12.0 Å². The summed E-state index contributed by atoms with van der Waals surface area (Å²) in [7, 11) is 2.09. The Morgan fingerprint density at radius 3 is 2.19 bits per heavy atom. The van der Waals surface area contributed by atoms with Crippen molar-refractivity contribution in [3.8, 4) is 0 Å². The first-order valence-corrected chi connectivity index (χ1v) is 6.34. The lowest BCUT2D eigenvalue weighted by molar-refractivity contribution is -0.150. The quantitative estimate of drug-likeness (QED) is 0.613. The maximum Gasteiger partial charge on any atom is 0.0750 e. The van der Waals surface area contributed by atoms with E-state index in [4.69, 9.17) is 0 Å². The molecule has 16 heavy (non-hydrogen) atoms. The lowest BCUT2D eigenvalue weighted by atomic mass is 9.63. The Morgan fingerprint density at radius 1 is 1.12 bits per heavy atom. The molecule has 2 rings (SSSR count). The number of nitrogens with one attached hydrogen (secondary N) is 1. The molecule has 2 fully saturated rings. The second kappa shape index (κ2) is 4.61. The average Bonchev–Trinajstić information content (AvgIpc) is 2.34. The summed E-state index contributed by atoms with van der Waals surface area (Å²) in [5.74, 6) is 0. The van der Waals surface area contributed by atoms with Gasteiger partial charge >= 0.3 is 0 Å². The van der Waals surface area contributed by atoms with Crippen molar-refractivity contribution < 1.29 is 10.2 Å². The monoisotopic (exact) mass is 228 g/mol. The molecule has 0 spiro atoms. The van der Waals surface area contributed by atoms with Gasteiger partial charge < -0.3 is 20.4 Å². The minimum Gasteiger partial charge on any atom is -0.396 e. The first-order chi connectivity index (χ1) is 7.62. The summed E-state index contributed by atoms with van der Waals surface area (Å²) in [6.45, 7) is 3.82. The molecule has 2 aliphatic heterocycles. The van der Waals surface area contributed by atoms with Gasteiger partial charge in [-0.1, -0.05) is 0 Å². The van der Waals surface area contributed by atoms with Gasteiger partial charge in [0.2, 0.25) is 0 Å². The van der Waals surface area contributed by atoms with Crippen molar-refractivity contribution in [3.05, 3.63) is 0 Å². The molecule has 0 saturated carbocycles. The minimum atomic E-state index is -0.656. The Morgan fingerprint density at radius 2 is 1.69 bits per heavy atom. The summed E-state index contributed by atoms with van der Waals surface area (Å²) in [5, 5.41) is 23.9. The van der Waals surface area contributed by atoms with Crippen LogP contribution in [-0.4, -0.2) is 60.5 Å². The van der Waals surface area contributed by atoms with Gasteiger partial charge in [0.25, 0.3) is 0 Å². The van der Waals surface area contributed by atoms with E-state index in [9.17, 15) is 10.2 Å². The van der Waals surface area contributed by atoms with E-state index in [0.29, 0.717) is 0 Å². The Balaban J connectivity index is 2.12. The number of hydrogen-bond donors (Lipinski definition) is 3. The molecule has 0 aromatic heterocycles. The number of hydrogen-bond acceptors (Lipinski definition) is 4. The predicted octanol–water partition coefficient (Wildman–Crippen LogP) is -0.195. The zero-order valence-electron chi connectivity index (χ0n) is 10.2. The van der Waals surface area contributed by atoms with Crippen molar-refractivity contribution in [2.45, 2.75) is 31.3 Å². The molecule has 0 atom stereocenters. The molecule has 0 amide bonds. The topological polar surface area (TPSA) is 55.7 Å². The van der Waals surface area contributed by atoms with Crippen LogP contribution in [0.4, 0.5) is 0 Å². The van der Waals surface area contributed by atoms with Gasteiger partial charge in [-0.3, -0.25) is 0 Å². The number of aliphatic hydroxyl groups excluding tert-OH is 1. The maximum atomic E-state index is 10.8. The van der Waals surface area contributed by atoms with Crippen molar-refractivity contribution in [2.24, 2.45) is 5.41 Å². The van der Waals surface area contributed by atoms with Crippen molar-refractivity contribution in [3.63, 3.8) is 0 Å². The lowest BCUT2D eigenvalue weighted by Crippen LogP contribution is -2.59. The maximum absolute atomic E-state index is 10.8. The van der Waals surface area contributed by atoms with Gasteiger partial charge in [-0.05, 0) is 45.8 Å². The van der Waals surface area contributed by atoms with Gasteiger partial charge in [0.1, 0.15) is 0 Å². The van der Waals surface area contributed by atoms with Crippen molar-refractivity contribution in [1.29, 1.82) is 0 Å².